The zero-order valence-corrected chi connectivity index (χ0v) is 10.9. The Morgan fingerprint density at radius 3 is 3.00 bits per heavy atom. The van der Waals surface area contributed by atoms with E-state index in [4.69, 9.17) is 9.15 Å². The van der Waals surface area contributed by atoms with Gasteiger partial charge in [0.1, 0.15) is 0 Å². The number of nitrogens with zero attached hydrogens (tertiary/aromatic N) is 1. The van der Waals surface area contributed by atoms with Crippen LogP contribution in [0.4, 0.5) is 4.79 Å². The molecule has 102 valence electrons. The Morgan fingerprint density at radius 2 is 2.26 bits per heavy atom. The van der Waals surface area contributed by atoms with Gasteiger partial charge in [0.2, 0.25) is 0 Å². The number of hydrogen-bond donors (Lipinski definition) is 1. The molecule has 0 saturated carbocycles. The summed E-state index contributed by atoms with van der Waals surface area (Å²) in [5.74, 6) is -0.378. The lowest BCUT2D eigenvalue weighted by Crippen LogP contribution is -2.26. The van der Waals surface area contributed by atoms with E-state index in [-0.39, 0.29) is 5.76 Å². The second-order valence-electron chi connectivity index (χ2n) is 4.13. The molecule has 2 aromatic rings. The Morgan fingerprint density at radius 1 is 1.47 bits per heavy atom. The van der Waals surface area contributed by atoms with Crippen molar-refractivity contribution in [1.29, 1.82) is 0 Å². The number of nitrogens with one attached hydrogen (secondary N) is 1. The van der Waals surface area contributed by atoms with Crippen LogP contribution in [0.15, 0.2) is 27.4 Å². The molecule has 1 amide bonds. The quantitative estimate of drug-likeness (QED) is 0.906. The average molecular weight is 264 g/mol. The van der Waals surface area contributed by atoms with Gasteiger partial charge in [0.15, 0.2) is 5.58 Å². The van der Waals surface area contributed by atoms with E-state index in [1.807, 2.05) is 12.1 Å². The highest BCUT2D eigenvalue weighted by molar-refractivity contribution is 5.73. The van der Waals surface area contributed by atoms with Crippen LogP contribution in [-0.2, 0) is 18.2 Å². The summed E-state index contributed by atoms with van der Waals surface area (Å²) in [5, 5.41) is 2.65. The maximum absolute atomic E-state index is 11.3. The number of aromatic nitrogens is 1. The maximum atomic E-state index is 11.3. The topological polar surface area (TPSA) is 73.5 Å². The summed E-state index contributed by atoms with van der Waals surface area (Å²) in [7, 11) is 1.66. The first-order chi connectivity index (χ1) is 9.11. The highest BCUT2D eigenvalue weighted by atomic mass is 16.5. The van der Waals surface area contributed by atoms with Crippen LogP contribution in [0, 0.1) is 0 Å². The fraction of sp³-hybridized carbons (Fsp3) is 0.385. The van der Waals surface area contributed by atoms with Crippen LogP contribution in [0.25, 0.3) is 11.1 Å². The van der Waals surface area contributed by atoms with Gasteiger partial charge in [-0.15, -0.1) is 0 Å². The minimum atomic E-state index is -0.417. The van der Waals surface area contributed by atoms with Crippen molar-refractivity contribution >= 4 is 17.2 Å². The van der Waals surface area contributed by atoms with Crippen molar-refractivity contribution in [3.63, 3.8) is 0 Å². The van der Waals surface area contributed by atoms with E-state index in [0.717, 1.165) is 11.1 Å². The molecule has 0 fully saturated rings. The van der Waals surface area contributed by atoms with Gasteiger partial charge in [0.05, 0.1) is 12.1 Å². The molecular formula is C13H16N2O4. The van der Waals surface area contributed by atoms with E-state index in [1.165, 1.54) is 4.57 Å². The molecule has 0 saturated heterocycles. The van der Waals surface area contributed by atoms with E-state index in [9.17, 15) is 9.59 Å². The van der Waals surface area contributed by atoms with Crippen molar-refractivity contribution in [2.24, 2.45) is 7.05 Å². The van der Waals surface area contributed by atoms with E-state index in [1.54, 1.807) is 20.0 Å². The van der Waals surface area contributed by atoms with Crippen molar-refractivity contribution in [1.82, 2.24) is 9.88 Å². The summed E-state index contributed by atoms with van der Waals surface area (Å²) in [6.07, 6.45) is 0.244. The smallest absolute Gasteiger partial charge is 0.419 e. The molecular weight excluding hydrogens is 248 g/mol. The first-order valence-electron chi connectivity index (χ1n) is 6.11. The van der Waals surface area contributed by atoms with Gasteiger partial charge in [-0.25, -0.2) is 9.59 Å². The number of rotatable bonds is 4. The van der Waals surface area contributed by atoms with Crippen molar-refractivity contribution < 1.29 is 13.9 Å². The molecule has 1 N–H and O–H groups in total. The first-order valence-corrected chi connectivity index (χ1v) is 6.11. The Labute approximate surface area is 110 Å². The van der Waals surface area contributed by atoms with Crippen LogP contribution >= 0.6 is 0 Å². The summed E-state index contributed by atoms with van der Waals surface area (Å²) >= 11 is 0. The summed E-state index contributed by atoms with van der Waals surface area (Å²) in [6, 6.07) is 5.52. The molecule has 1 aromatic carbocycles. The lowest BCUT2D eigenvalue weighted by molar-refractivity contribution is 0.152. The van der Waals surface area contributed by atoms with Crippen molar-refractivity contribution in [3.05, 3.63) is 34.3 Å². The average Bonchev–Trinajstić information content (AvgIpc) is 2.66. The molecule has 0 aliphatic heterocycles. The third-order valence-electron chi connectivity index (χ3n) is 2.81. The molecule has 2 rings (SSSR count). The monoisotopic (exact) mass is 264 g/mol. The fourth-order valence-corrected chi connectivity index (χ4v) is 1.82. The number of amides is 1. The molecule has 0 atom stereocenters. The molecule has 1 aromatic heterocycles. The molecule has 0 radical (unpaired) electrons. The maximum Gasteiger partial charge on any atom is 0.419 e. The van der Waals surface area contributed by atoms with Gasteiger partial charge >= 0.3 is 11.8 Å². The van der Waals surface area contributed by atoms with Gasteiger partial charge in [0, 0.05) is 13.6 Å². The zero-order valence-electron chi connectivity index (χ0n) is 10.9. The molecule has 0 aliphatic carbocycles. The van der Waals surface area contributed by atoms with Crippen molar-refractivity contribution in [3.8, 4) is 0 Å². The van der Waals surface area contributed by atoms with Crippen molar-refractivity contribution in [2.45, 2.75) is 13.3 Å². The number of benzene rings is 1. The molecule has 6 heteroatoms. The zero-order chi connectivity index (χ0) is 13.8. The van der Waals surface area contributed by atoms with Gasteiger partial charge in [-0.3, -0.25) is 4.57 Å². The lowest BCUT2D eigenvalue weighted by atomic mass is 10.1. The number of carbonyl (C=O) groups excluding carboxylic acids is 1. The second kappa shape index (κ2) is 5.60. The molecule has 0 unspecified atom stereocenters. The van der Waals surface area contributed by atoms with Gasteiger partial charge in [-0.1, -0.05) is 6.07 Å². The number of fused-ring (bicyclic) bond motifs is 1. The lowest BCUT2D eigenvalue weighted by Gasteiger charge is -2.05. The number of carbonyl (C=O) groups is 1. The summed E-state index contributed by atoms with van der Waals surface area (Å²) in [6.45, 7) is 2.60. The molecule has 6 nitrogen and oxygen atoms in total. The number of hydrogen-bond acceptors (Lipinski definition) is 4. The van der Waals surface area contributed by atoms with Gasteiger partial charge in [0.25, 0.3) is 0 Å². The molecule has 0 spiro atoms. The Kier molecular flexibility index (Phi) is 3.89. The number of aryl methyl sites for hydroxylation is 1. The van der Waals surface area contributed by atoms with E-state index >= 15 is 0 Å². The van der Waals surface area contributed by atoms with Gasteiger partial charge in [-0.2, -0.15) is 0 Å². The Balaban J connectivity index is 2.03. The highest BCUT2D eigenvalue weighted by Crippen LogP contribution is 2.14. The highest BCUT2D eigenvalue weighted by Gasteiger charge is 2.06. The fourth-order valence-electron chi connectivity index (χ4n) is 1.82. The molecule has 19 heavy (non-hydrogen) atoms. The summed E-state index contributed by atoms with van der Waals surface area (Å²) in [4.78, 5) is 22.5. The standard InChI is InChI=1S/C13H16N2O4/c1-3-18-12(16)14-7-6-9-4-5-11-10(8-9)15(2)13(17)19-11/h4-5,8H,3,6-7H2,1-2H3,(H,14,16). The van der Waals surface area contributed by atoms with Crippen LogP contribution in [0.2, 0.25) is 0 Å². The number of oxazole rings is 1. The van der Waals surface area contributed by atoms with Crippen molar-refractivity contribution in [2.75, 3.05) is 13.2 Å². The van der Waals surface area contributed by atoms with Gasteiger partial charge < -0.3 is 14.5 Å². The van der Waals surface area contributed by atoms with E-state index in [2.05, 4.69) is 5.32 Å². The minimum absolute atomic E-state index is 0.356. The van der Waals surface area contributed by atoms with Crippen LogP contribution in [-0.4, -0.2) is 23.8 Å². The minimum Gasteiger partial charge on any atom is -0.450 e. The summed E-state index contributed by atoms with van der Waals surface area (Å²) < 4.78 is 11.3. The van der Waals surface area contributed by atoms with Crippen LogP contribution in [0.3, 0.4) is 0 Å². The van der Waals surface area contributed by atoms with Gasteiger partial charge in [-0.05, 0) is 31.0 Å². The Hall–Kier alpha value is -2.24. The molecule has 1 heterocycles. The number of alkyl carbamates (subject to hydrolysis) is 1. The molecule has 0 aliphatic rings. The summed E-state index contributed by atoms with van der Waals surface area (Å²) in [5.41, 5.74) is 2.33. The first kappa shape index (κ1) is 13.2. The predicted molar refractivity (Wildman–Crippen MR) is 70.2 cm³/mol. The van der Waals surface area contributed by atoms with E-state index in [0.29, 0.717) is 25.2 Å². The Bertz CT molecular complexity index is 642. The van der Waals surface area contributed by atoms with Crippen LogP contribution < -0.4 is 11.1 Å². The third kappa shape index (κ3) is 2.96. The largest absolute Gasteiger partial charge is 0.450 e. The third-order valence-corrected chi connectivity index (χ3v) is 2.81. The number of ether oxygens (including phenoxy) is 1. The second-order valence-corrected chi connectivity index (χ2v) is 4.13. The van der Waals surface area contributed by atoms with Crippen LogP contribution in [0.1, 0.15) is 12.5 Å². The predicted octanol–water partition coefficient (Wildman–Crippen LogP) is 1.42. The SMILES string of the molecule is CCOC(=O)NCCc1ccc2oc(=O)n(C)c2c1. The molecule has 0 bridgehead atoms. The normalized spacial score (nSPS) is 10.6. The van der Waals surface area contributed by atoms with E-state index < -0.39 is 6.09 Å². The van der Waals surface area contributed by atoms with Crippen LogP contribution in [0.5, 0.6) is 0 Å².